The van der Waals surface area contributed by atoms with E-state index in [-0.39, 0.29) is 29.4 Å². The zero-order valence-corrected chi connectivity index (χ0v) is 19.9. The number of aromatic nitrogens is 3. The van der Waals surface area contributed by atoms with Crippen LogP contribution < -0.4 is 10.6 Å². The molecular formula is C27H24F2N6O. The number of anilines is 1. The highest BCUT2D eigenvalue weighted by atomic mass is 19.1. The van der Waals surface area contributed by atoms with Gasteiger partial charge in [0.05, 0.1) is 11.6 Å². The van der Waals surface area contributed by atoms with Crippen LogP contribution in [0.1, 0.15) is 29.8 Å². The van der Waals surface area contributed by atoms with Crippen molar-refractivity contribution in [1.82, 2.24) is 19.4 Å². The van der Waals surface area contributed by atoms with Gasteiger partial charge in [-0.2, -0.15) is 10.2 Å². The molecule has 2 aromatic heterocycles. The van der Waals surface area contributed by atoms with Crippen molar-refractivity contribution in [2.24, 2.45) is 7.05 Å². The summed E-state index contributed by atoms with van der Waals surface area (Å²) in [6.45, 7) is 3.81. The fourth-order valence-corrected chi connectivity index (χ4v) is 4.91. The van der Waals surface area contributed by atoms with E-state index in [1.807, 2.05) is 11.8 Å². The molecule has 182 valence electrons. The van der Waals surface area contributed by atoms with Gasteiger partial charge in [0.1, 0.15) is 28.9 Å². The minimum atomic E-state index is -0.394. The third-order valence-corrected chi connectivity index (χ3v) is 6.72. The topological polar surface area (TPSA) is 78.0 Å². The van der Waals surface area contributed by atoms with E-state index in [0.29, 0.717) is 36.5 Å². The lowest BCUT2D eigenvalue weighted by Gasteiger charge is -2.44. The number of hydrogen-bond acceptors (Lipinski definition) is 6. The Bertz CT molecular complexity index is 1470. The first-order chi connectivity index (χ1) is 17.4. The van der Waals surface area contributed by atoms with Crippen LogP contribution in [0.15, 0.2) is 65.5 Å². The Morgan fingerprint density at radius 3 is 2.11 bits per heavy atom. The molecule has 4 aromatic rings. The lowest BCUT2D eigenvalue weighted by molar-refractivity contribution is 0.187. The lowest BCUT2D eigenvalue weighted by Crippen LogP contribution is -2.53. The van der Waals surface area contributed by atoms with Gasteiger partial charge in [0.2, 0.25) is 0 Å². The first kappa shape index (κ1) is 23.6. The fraction of sp³-hybridized carbons (Fsp3) is 0.259. The molecule has 0 bridgehead atoms. The van der Waals surface area contributed by atoms with E-state index in [1.165, 1.54) is 28.8 Å². The van der Waals surface area contributed by atoms with E-state index < -0.39 is 5.69 Å². The van der Waals surface area contributed by atoms with Crippen LogP contribution in [0.2, 0.25) is 0 Å². The zero-order chi connectivity index (χ0) is 25.4. The minimum Gasteiger partial charge on any atom is -0.349 e. The van der Waals surface area contributed by atoms with Crippen LogP contribution in [-0.2, 0) is 7.05 Å². The van der Waals surface area contributed by atoms with Gasteiger partial charge in [0.25, 0.3) is 0 Å². The molecule has 1 atom stereocenters. The predicted octanol–water partition coefficient (Wildman–Crippen LogP) is 3.78. The van der Waals surface area contributed by atoms with Gasteiger partial charge < -0.3 is 4.90 Å². The van der Waals surface area contributed by atoms with Gasteiger partial charge in [-0.05, 0) is 54.4 Å². The summed E-state index contributed by atoms with van der Waals surface area (Å²) in [4.78, 5) is 25.7. The fourth-order valence-electron chi connectivity index (χ4n) is 4.91. The Hall–Kier alpha value is -4.16. The van der Waals surface area contributed by atoms with Gasteiger partial charge in [0, 0.05) is 32.7 Å². The van der Waals surface area contributed by atoms with Crippen LogP contribution in [0, 0.1) is 23.0 Å². The highest BCUT2D eigenvalue weighted by Gasteiger charge is 2.32. The summed E-state index contributed by atoms with van der Waals surface area (Å²) >= 11 is 0. The van der Waals surface area contributed by atoms with Crippen LogP contribution in [-0.4, -0.2) is 45.1 Å². The normalized spacial score (nSPS) is 16.4. The van der Waals surface area contributed by atoms with Gasteiger partial charge in [-0.15, -0.1) is 0 Å². The van der Waals surface area contributed by atoms with Gasteiger partial charge in [-0.3, -0.25) is 9.47 Å². The molecule has 0 aliphatic carbocycles. The van der Waals surface area contributed by atoms with Crippen molar-refractivity contribution in [2.75, 3.05) is 24.5 Å². The van der Waals surface area contributed by atoms with E-state index >= 15 is 0 Å². The predicted molar refractivity (Wildman–Crippen MR) is 133 cm³/mol. The number of hydrogen-bond donors (Lipinski definition) is 0. The summed E-state index contributed by atoms with van der Waals surface area (Å²) in [6.07, 6.45) is 0. The van der Waals surface area contributed by atoms with Crippen LogP contribution in [0.5, 0.6) is 0 Å². The molecular weight excluding hydrogens is 462 g/mol. The summed E-state index contributed by atoms with van der Waals surface area (Å²) in [5.41, 5.74) is 2.78. The summed E-state index contributed by atoms with van der Waals surface area (Å²) in [5.74, 6) is -0.178. The van der Waals surface area contributed by atoms with E-state index in [4.69, 9.17) is 0 Å². The second-order valence-corrected chi connectivity index (χ2v) is 9.00. The van der Waals surface area contributed by atoms with Crippen molar-refractivity contribution in [1.29, 1.82) is 5.26 Å². The monoisotopic (exact) mass is 486 g/mol. The first-order valence-corrected chi connectivity index (χ1v) is 11.6. The Kier molecular flexibility index (Phi) is 6.20. The maximum Gasteiger partial charge on any atom is 0.349 e. The van der Waals surface area contributed by atoms with Crippen molar-refractivity contribution in [2.45, 2.75) is 19.0 Å². The summed E-state index contributed by atoms with van der Waals surface area (Å²) < 4.78 is 28.7. The SMILES string of the molecule is CC1CN(C(c2ccc(F)cc2)c2ccc(F)cc2)CCN1c1nc(=O)n(C)c2ccc(C#N)nc12. The molecule has 36 heavy (non-hydrogen) atoms. The maximum absolute atomic E-state index is 13.7. The van der Waals surface area contributed by atoms with Crippen molar-refractivity contribution in [3.63, 3.8) is 0 Å². The largest absolute Gasteiger partial charge is 0.349 e. The number of benzene rings is 2. The van der Waals surface area contributed by atoms with Crippen molar-refractivity contribution < 1.29 is 8.78 Å². The molecule has 0 radical (unpaired) electrons. The minimum absolute atomic E-state index is 0.0579. The molecule has 0 N–H and O–H groups in total. The van der Waals surface area contributed by atoms with Crippen LogP contribution in [0.4, 0.5) is 14.6 Å². The maximum atomic E-state index is 13.7. The molecule has 5 rings (SSSR count). The number of nitriles is 1. The van der Waals surface area contributed by atoms with E-state index in [0.717, 1.165) is 11.1 Å². The highest BCUT2D eigenvalue weighted by molar-refractivity contribution is 5.86. The Labute approximate surface area is 206 Å². The third-order valence-electron chi connectivity index (χ3n) is 6.72. The molecule has 0 saturated carbocycles. The number of aryl methyl sites for hydroxylation is 1. The lowest BCUT2D eigenvalue weighted by atomic mass is 9.95. The Morgan fingerprint density at radius 1 is 0.944 bits per heavy atom. The van der Waals surface area contributed by atoms with Crippen LogP contribution in [0.3, 0.4) is 0 Å². The molecule has 3 heterocycles. The van der Waals surface area contributed by atoms with Gasteiger partial charge in [-0.1, -0.05) is 24.3 Å². The smallest absolute Gasteiger partial charge is 0.349 e. The standard InChI is InChI=1S/C27H24F2N6O/c1-17-16-34(25(18-3-7-20(28)8-4-18)19-5-9-21(29)10-6-19)13-14-35(17)26-24-23(33(2)27(36)32-26)12-11-22(15-30)31-24/h3-12,17,25H,13-14,16H2,1-2H3. The van der Waals surface area contributed by atoms with Gasteiger partial charge >= 0.3 is 5.69 Å². The average Bonchev–Trinajstić information content (AvgIpc) is 2.88. The second kappa shape index (κ2) is 9.47. The Balaban J connectivity index is 1.51. The van der Waals surface area contributed by atoms with E-state index in [9.17, 15) is 18.8 Å². The summed E-state index contributed by atoms with van der Waals surface area (Å²) in [6, 6.07) is 17.8. The molecule has 0 spiro atoms. The molecule has 0 amide bonds. The molecule has 2 aromatic carbocycles. The molecule has 1 fully saturated rings. The first-order valence-electron chi connectivity index (χ1n) is 11.6. The molecule has 9 heteroatoms. The van der Waals surface area contributed by atoms with Crippen molar-refractivity contribution >= 4 is 16.9 Å². The zero-order valence-electron chi connectivity index (χ0n) is 19.9. The quantitative estimate of drug-likeness (QED) is 0.437. The average molecular weight is 487 g/mol. The number of fused-ring (bicyclic) bond motifs is 1. The summed E-state index contributed by atoms with van der Waals surface area (Å²) in [5, 5.41) is 9.35. The number of rotatable bonds is 4. The number of piperazine rings is 1. The third kappa shape index (κ3) is 4.32. The highest BCUT2D eigenvalue weighted by Crippen LogP contribution is 2.33. The molecule has 1 unspecified atom stereocenters. The molecule has 7 nitrogen and oxygen atoms in total. The van der Waals surface area contributed by atoms with E-state index in [1.54, 1.807) is 43.4 Å². The van der Waals surface area contributed by atoms with Crippen LogP contribution >= 0.6 is 0 Å². The Morgan fingerprint density at radius 2 is 1.56 bits per heavy atom. The van der Waals surface area contributed by atoms with E-state index in [2.05, 4.69) is 20.9 Å². The van der Waals surface area contributed by atoms with Crippen molar-refractivity contribution in [3.8, 4) is 6.07 Å². The van der Waals surface area contributed by atoms with Gasteiger partial charge in [0.15, 0.2) is 5.82 Å². The number of nitrogens with zero attached hydrogens (tertiary/aromatic N) is 6. The molecule has 1 aliphatic rings. The van der Waals surface area contributed by atoms with Crippen LogP contribution in [0.25, 0.3) is 11.0 Å². The van der Waals surface area contributed by atoms with Crippen molar-refractivity contribution in [3.05, 3.63) is 99.6 Å². The molecule has 1 aliphatic heterocycles. The molecule has 1 saturated heterocycles. The number of pyridine rings is 1. The summed E-state index contributed by atoms with van der Waals surface area (Å²) in [7, 11) is 1.63. The number of halogens is 2. The second-order valence-electron chi connectivity index (χ2n) is 9.00. The van der Waals surface area contributed by atoms with Gasteiger partial charge in [-0.25, -0.2) is 18.6 Å².